The summed E-state index contributed by atoms with van der Waals surface area (Å²) in [6.07, 6.45) is 3.17. The summed E-state index contributed by atoms with van der Waals surface area (Å²) in [5.41, 5.74) is 0.533. The summed E-state index contributed by atoms with van der Waals surface area (Å²) in [6, 6.07) is 2.95. The van der Waals surface area contributed by atoms with Crippen molar-refractivity contribution in [2.75, 3.05) is 4.90 Å². The zero-order valence-corrected chi connectivity index (χ0v) is 13.5. The number of imide groups is 1. The lowest BCUT2D eigenvalue weighted by atomic mass is 9.78. The average Bonchev–Trinajstić information content (AvgIpc) is 3.11. The van der Waals surface area contributed by atoms with Crippen LogP contribution in [0.25, 0.3) is 0 Å². The van der Waals surface area contributed by atoms with E-state index in [0.29, 0.717) is 0 Å². The summed E-state index contributed by atoms with van der Waals surface area (Å²) in [5.74, 6) is -2.07. The molecule has 0 unspecified atom stereocenters. The number of aryl methyl sites for hydroxylation is 2. The third-order valence-corrected chi connectivity index (χ3v) is 5.36. The van der Waals surface area contributed by atoms with Crippen LogP contribution in [0.4, 0.5) is 11.4 Å². The van der Waals surface area contributed by atoms with Gasteiger partial charge in [0.05, 0.1) is 28.5 Å². The summed E-state index contributed by atoms with van der Waals surface area (Å²) in [6.45, 7) is 5.33. The molecule has 2 fully saturated rings. The quantitative estimate of drug-likeness (QED) is 0.359. The van der Waals surface area contributed by atoms with Gasteiger partial charge in [-0.15, -0.1) is 0 Å². The fourth-order valence-corrected chi connectivity index (χ4v) is 4.00. The van der Waals surface area contributed by atoms with Gasteiger partial charge in [0.1, 0.15) is 5.69 Å². The van der Waals surface area contributed by atoms with Gasteiger partial charge in [0.2, 0.25) is 11.8 Å². The number of rotatable bonds is 2. The van der Waals surface area contributed by atoms with Gasteiger partial charge in [0.15, 0.2) is 0 Å². The summed E-state index contributed by atoms with van der Waals surface area (Å²) in [4.78, 5) is 37.7. The molecule has 1 aromatic carbocycles. The molecule has 0 spiro atoms. The first kappa shape index (κ1) is 15.0. The van der Waals surface area contributed by atoms with Crippen LogP contribution in [0, 0.1) is 35.8 Å². The molecule has 0 aliphatic carbocycles. The van der Waals surface area contributed by atoms with Crippen LogP contribution in [0.3, 0.4) is 0 Å². The van der Waals surface area contributed by atoms with Crippen LogP contribution >= 0.6 is 0 Å². The second-order valence-corrected chi connectivity index (χ2v) is 6.82. The van der Waals surface area contributed by atoms with Crippen LogP contribution in [0.2, 0.25) is 0 Å². The molecule has 7 nitrogen and oxygen atoms in total. The highest BCUT2D eigenvalue weighted by Gasteiger charge is 2.66. The van der Waals surface area contributed by atoms with E-state index in [1.807, 2.05) is 6.08 Å². The third-order valence-electron chi connectivity index (χ3n) is 5.36. The van der Waals surface area contributed by atoms with Gasteiger partial charge in [-0.25, -0.2) is 4.90 Å². The van der Waals surface area contributed by atoms with Gasteiger partial charge in [-0.1, -0.05) is 12.2 Å². The van der Waals surface area contributed by atoms with Crippen LogP contribution in [-0.2, 0) is 14.3 Å². The fourth-order valence-electron chi connectivity index (χ4n) is 4.00. The molecule has 0 aromatic heterocycles. The Hall–Kier alpha value is -2.54. The maximum atomic E-state index is 12.9. The molecule has 124 valence electrons. The number of hydrogen-bond donors (Lipinski definition) is 0. The standard InChI is InChI=1S/C17H16N2O5/c1-8-6-10(11(19(22)23)7-9(8)2)18-15(20)13-12-4-5-17(3,24-12)14(13)16(18)21/h4-7,12-14H,1-3H3/t12-,13+,14-,17+/m0/s1. The van der Waals surface area contributed by atoms with E-state index >= 15 is 0 Å². The number of ether oxygens (including phenoxy) is 1. The Morgan fingerprint density at radius 3 is 2.50 bits per heavy atom. The molecule has 3 heterocycles. The average molecular weight is 328 g/mol. The van der Waals surface area contributed by atoms with E-state index in [9.17, 15) is 19.7 Å². The van der Waals surface area contributed by atoms with E-state index in [0.717, 1.165) is 16.0 Å². The number of carbonyl (C=O) groups is 2. The number of nitrogens with zero attached hydrogens (tertiary/aromatic N) is 2. The van der Waals surface area contributed by atoms with Gasteiger partial charge in [-0.05, 0) is 38.0 Å². The monoisotopic (exact) mass is 328 g/mol. The van der Waals surface area contributed by atoms with Crippen molar-refractivity contribution in [2.45, 2.75) is 32.5 Å². The van der Waals surface area contributed by atoms with Crippen molar-refractivity contribution in [1.29, 1.82) is 0 Å². The highest BCUT2D eigenvalue weighted by molar-refractivity contribution is 6.24. The topological polar surface area (TPSA) is 89.8 Å². The van der Waals surface area contributed by atoms with E-state index in [-0.39, 0.29) is 11.4 Å². The lowest BCUT2D eigenvalue weighted by Gasteiger charge is -2.24. The molecule has 1 aromatic rings. The van der Waals surface area contributed by atoms with E-state index < -0.39 is 40.3 Å². The Morgan fingerprint density at radius 1 is 1.21 bits per heavy atom. The van der Waals surface area contributed by atoms with Crippen molar-refractivity contribution in [2.24, 2.45) is 11.8 Å². The maximum absolute atomic E-state index is 12.9. The molecule has 3 aliphatic heterocycles. The zero-order chi connectivity index (χ0) is 17.4. The first-order chi connectivity index (χ1) is 11.2. The predicted octanol–water partition coefficient (Wildman–Crippen LogP) is 2.04. The second-order valence-electron chi connectivity index (χ2n) is 6.82. The molecule has 7 heteroatoms. The Labute approximate surface area is 138 Å². The lowest BCUT2D eigenvalue weighted by Crippen LogP contribution is -2.38. The Balaban J connectivity index is 1.85. The Morgan fingerprint density at radius 2 is 1.88 bits per heavy atom. The van der Waals surface area contributed by atoms with E-state index in [2.05, 4.69) is 0 Å². The fraction of sp³-hybridized carbons (Fsp3) is 0.412. The first-order valence-corrected chi connectivity index (χ1v) is 7.75. The van der Waals surface area contributed by atoms with Gasteiger partial charge in [0.25, 0.3) is 5.69 Å². The zero-order valence-electron chi connectivity index (χ0n) is 13.5. The van der Waals surface area contributed by atoms with E-state index in [4.69, 9.17) is 4.74 Å². The predicted molar refractivity (Wildman–Crippen MR) is 84.5 cm³/mol. The van der Waals surface area contributed by atoms with Crippen LogP contribution in [-0.4, -0.2) is 28.4 Å². The molecule has 3 aliphatic rings. The van der Waals surface area contributed by atoms with E-state index in [1.54, 1.807) is 32.9 Å². The molecule has 2 bridgehead atoms. The molecule has 2 amide bonds. The number of anilines is 1. The number of hydrogen-bond acceptors (Lipinski definition) is 5. The highest BCUT2D eigenvalue weighted by Crippen LogP contribution is 2.53. The number of fused-ring (bicyclic) bond motifs is 5. The summed E-state index contributed by atoms with van der Waals surface area (Å²) in [5, 5.41) is 11.4. The summed E-state index contributed by atoms with van der Waals surface area (Å²) in [7, 11) is 0. The molecule has 0 radical (unpaired) electrons. The van der Waals surface area contributed by atoms with Crippen molar-refractivity contribution in [3.8, 4) is 0 Å². The SMILES string of the molecule is Cc1cc(N2C(=O)[C@@H]3[C@@H]4C=C[C@@](C)(O4)[C@@H]3C2=O)c([N+](=O)[O-])cc1C. The number of amides is 2. The van der Waals surface area contributed by atoms with Gasteiger partial charge in [0, 0.05) is 6.07 Å². The molecule has 24 heavy (non-hydrogen) atoms. The smallest absolute Gasteiger partial charge is 0.293 e. The number of carbonyl (C=O) groups excluding carboxylic acids is 2. The molecule has 2 saturated heterocycles. The number of benzene rings is 1. The molecular weight excluding hydrogens is 312 g/mol. The number of nitro benzene ring substituents is 1. The summed E-state index contributed by atoms with van der Waals surface area (Å²) < 4.78 is 5.76. The number of nitro groups is 1. The van der Waals surface area contributed by atoms with Gasteiger partial charge in [-0.2, -0.15) is 0 Å². The van der Waals surface area contributed by atoms with Crippen molar-refractivity contribution in [1.82, 2.24) is 0 Å². The summed E-state index contributed by atoms with van der Waals surface area (Å²) >= 11 is 0. The van der Waals surface area contributed by atoms with Gasteiger partial charge in [-0.3, -0.25) is 19.7 Å². The molecule has 4 atom stereocenters. The largest absolute Gasteiger partial charge is 0.362 e. The lowest BCUT2D eigenvalue weighted by molar-refractivity contribution is -0.384. The molecular formula is C17H16N2O5. The van der Waals surface area contributed by atoms with Crippen molar-refractivity contribution in [3.63, 3.8) is 0 Å². The molecule has 4 rings (SSSR count). The van der Waals surface area contributed by atoms with Crippen LogP contribution < -0.4 is 4.90 Å². The van der Waals surface area contributed by atoms with Crippen molar-refractivity contribution < 1.29 is 19.2 Å². The minimum Gasteiger partial charge on any atom is -0.362 e. The molecule has 0 N–H and O–H groups in total. The Kier molecular flexibility index (Phi) is 2.82. The van der Waals surface area contributed by atoms with Crippen LogP contribution in [0.5, 0.6) is 0 Å². The third kappa shape index (κ3) is 1.70. The normalized spacial score (nSPS) is 33.5. The molecule has 0 saturated carbocycles. The van der Waals surface area contributed by atoms with Gasteiger partial charge >= 0.3 is 0 Å². The van der Waals surface area contributed by atoms with Crippen LogP contribution in [0.1, 0.15) is 18.1 Å². The second kappa shape index (κ2) is 4.51. The maximum Gasteiger partial charge on any atom is 0.293 e. The highest BCUT2D eigenvalue weighted by atomic mass is 16.6. The minimum atomic E-state index is -0.814. The van der Waals surface area contributed by atoms with E-state index in [1.165, 1.54) is 6.07 Å². The Bertz CT molecular complexity index is 846. The minimum absolute atomic E-state index is 0.0514. The van der Waals surface area contributed by atoms with Crippen molar-refractivity contribution in [3.05, 3.63) is 45.5 Å². The van der Waals surface area contributed by atoms with Crippen molar-refractivity contribution >= 4 is 23.2 Å². The van der Waals surface area contributed by atoms with Gasteiger partial charge < -0.3 is 4.74 Å². The van der Waals surface area contributed by atoms with Crippen LogP contribution in [0.15, 0.2) is 24.3 Å². The first-order valence-electron chi connectivity index (χ1n) is 7.75.